The van der Waals surface area contributed by atoms with E-state index in [0.29, 0.717) is 6.61 Å². The summed E-state index contributed by atoms with van der Waals surface area (Å²) in [6.45, 7) is 5.74. The number of aliphatic hydroxyl groups is 1. The number of hydrogen-bond donors (Lipinski definition) is 2. The molecule has 0 aliphatic carbocycles. The van der Waals surface area contributed by atoms with E-state index >= 15 is 0 Å². The summed E-state index contributed by atoms with van der Waals surface area (Å²) in [5.41, 5.74) is 0. The highest BCUT2D eigenvalue weighted by atomic mass is 32.3. The molecule has 2 fully saturated rings. The second-order valence-corrected chi connectivity index (χ2v) is 4.66. The molecule has 96 valence electrons. The number of nitrogens with zero attached hydrogens (tertiary/aromatic N) is 1. The topological polar surface area (TPSA) is 88.1 Å². The molecule has 2 rings (SSSR count). The highest BCUT2D eigenvalue weighted by Gasteiger charge is 2.17. The summed E-state index contributed by atoms with van der Waals surface area (Å²) in [6.07, 6.45) is 0. The minimum atomic E-state index is -3.55. The van der Waals surface area contributed by atoms with E-state index in [4.69, 9.17) is 5.11 Å². The Morgan fingerprint density at radius 2 is 1.75 bits per heavy atom. The van der Waals surface area contributed by atoms with Gasteiger partial charge >= 0.3 is 10.4 Å². The molecule has 0 saturated carbocycles. The minimum Gasteiger partial charge on any atom is -0.395 e. The number of nitrogens with one attached hydrogen (secondary N) is 1. The fraction of sp³-hybridized carbons (Fsp3) is 1.00. The van der Waals surface area contributed by atoms with Crippen LogP contribution in [-0.2, 0) is 18.8 Å². The Morgan fingerprint density at radius 1 is 1.19 bits per heavy atom. The highest BCUT2D eigenvalue weighted by Crippen LogP contribution is 2.02. The quantitative estimate of drug-likeness (QED) is 0.599. The van der Waals surface area contributed by atoms with Gasteiger partial charge in [0, 0.05) is 32.7 Å². The van der Waals surface area contributed by atoms with Crippen LogP contribution in [0.4, 0.5) is 0 Å². The fourth-order valence-electron chi connectivity index (χ4n) is 1.38. The number of aliphatic hydroxyl groups excluding tert-OH is 1. The van der Waals surface area contributed by atoms with Crippen LogP contribution in [0.25, 0.3) is 0 Å². The molecule has 8 heteroatoms. The monoisotopic (exact) mass is 254 g/mol. The van der Waals surface area contributed by atoms with Crippen molar-refractivity contribution in [3.05, 3.63) is 0 Å². The lowest BCUT2D eigenvalue weighted by Crippen LogP contribution is -2.44. The number of β-amino-alcohol motifs (C(OH)–C–C–N with tert-alkyl or cyclic N) is 1. The van der Waals surface area contributed by atoms with E-state index in [1.165, 1.54) is 0 Å². The van der Waals surface area contributed by atoms with Crippen molar-refractivity contribution in [2.75, 3.05) is 52.5 Å². The van der Waals surface area contributed by atoms with E-state index in [9.17, 15) is 8.42 Å². The molecule has 0 atom stereocenters. The first-order chi connectivity index (χ1) is 7.64. The third-order valence-electron chi connectivity index (χ3n) is 2.16. The molecule has 2 aliphatic rings. The van der Waals surface area contributed by atoms with Crippen LogP contribution in [0.3, 0.4) is 0 Å². The van der Waals surface area contributed by atoms with Crippen molar-refractivity contribution < 1.29 is 21.9 Å². The van der Waals surface area contributed by atoms with Crippen LogP contribution in [0.15, 0.2) is 0 Å². The second-order valence-electron chi connectivity index (χ2n) is 3.37. The molecule has 0 aromatic rings. The van der Waals surface area contributed by atoms with E-state index in [-0.39, 0.29) is 13.2 Å². The Kier molecular flexibility index (Phi) is 6.17. The van der Waals surface area contributed by atoms with Crippen molar-refractivity contribution in [2.24, 2.45) is 0 Å². The Balaban J connectivity index is 0.000000165. The van der Waals surface area contributed by atoms with Gasteiger partial charge in [-0.25, -0.2) is 8.37 Å². The zero-order chi connectivity index (χ0) is 11.9. The van der Waals surface area contributed by atoms with Crippen LogP contribution in [0.1, 0.15) is 0 Å². The zero-order valence-corrected chi connectivity index (χ0v) is 9.91. The summed E-state index contributed by atoms with van der Waals surface area (Å²) >= 11 is 0. The van der Waals surface area contributed by atoms with Gasteiger partial charge < -0.3 is 10.4 Å². The zero-order valence-electron chi connectivity index (χ0n) is 9.09. The maximum Gasteiger partial charge on any atom is 0.400 e. The van der Waals surface area contributed by atoms with Crippen molar-refractivity contribution in [1.29, 1.82) is 0 Å². The maximum atomic E-state index is 9.99. The number of rotatable bonds is 2. The van der Waals surface area contributed by atoms with Gasteiger partial charge in [-0.3, -0.25) is 4.90 Å². The molecule has 2 saturated heterocycles. The standard InChI is InChI=1S/C6H14N2O.C2H4O4S/c9-6-5-8-3-1-7-2-4-8;3-7(4)5-1-2-6-7/h7,9H,1-6H2;1-2H2. The van der Waals surface area contributed by atoms with Crippen molar-refractivity contribution in [3.63, 3.8) is 0 Å². The van der Waals surface area contributed by atoms with Crippen molar-refractivity contribution in [1.82, 2.24) is 10.2 Å². The third kappa shape index (κ3) is 5.73. The lowest BCUT2D eigenvalue weighted by atomic mass is 10.4. The normalized spacial score (nSPS) is 24.8. The smallest absolute Gasteiger partial charge is 0.395 e. The first-order valence-electron chi connectivity index (χ1n) is 5.22. The van der Waals surface area contributed by atoms with Gasteiger partial charge in [0.2, 0.25) is 0 Å². The average molecular weight is 254 g/mol. The van der Waals surface area contributed by atoms with Crippen molar-refractivity contribution >= 4 is 10.4 Å². The Morgan fingerprint density at radius 3 is 2.12 bits per heavy atom. The van der Waals surface area contributed by atoms with E-state index < -0.39 is 10.4 Å². The lowest BCUT2D eigenvalue weighted by molar-refractivity contribution is 0.180. The van der Waals surface area contributed by atoms with Gasteiger partial charge in [0.1, 0.15) is 0 Å². The SMILES string of the molecule is O=S1(=O)OCCO1.OCCN1CCNCC1. The molecule has 0 unspecified atom stereocenters. The van der Waals surface area contributed by atoms with Gasteiger partial charge in [0.05, 0.1) is 19.8 Å². The van der Waals surface area contributed by atoms with Crippen LogP contribution in [0.5, 0.6) is 0 Å². The third-order valence-corrected chi connectivity index (χ3v) is 3.08. The Hall–Kier alpha value is -0.250. The fourth-order valence-corrected chi connectivity index (χ4v) is 1.99. The molecule has 0 bridgehead atoms. The van der Waals surface area contributed by atoms with Crippen LogP contribution in [-0.4, -0.2) is 71.0 Å². The summed E-state index contributed by atoms with van der Waals surface area (Å²) < 4.78 is 28.2. The summed E-state index contributed by atoms with van der Waals surface area (Å²) in [6, 6.07) is 0. The summed E-state index contributed by atoms with van der Waals surface area (Å²) in [5.74, 6) is 0. The summed E-state index contributed by atoms with van der Waals surface area (Å²) in [4.78, 5) is 2.26. The lowest BCUT2D eigenvalue weighted by Gasteiger charge is -2.25. The van der Waals surface area contributed by atoms with Gasteiger partial charge in [-0.1, -0.05) is 0 Å². The van der Waals surface area contributed by atoms with Crippen molar-refractivity contribution in [2.45, 2.75) is 0 Å². The Bertz CT molecular complexity index is 261. The van der Waals surface area contributed by atoms with Gasteiger partial charge in [-0.15, -0.1) is 0 Å². The molecule has 7 nitrogen and oxygen atoms in total. The molecular formula is C8H18N2O5S. The summed E-state index contributed by atoms with van der Waals surface area (Å²) in [7, 11) is -3.55. The number of hydrogen-bond acceptors (Lipinski definition) is 7. The van der Waals surface area contributed by atoms with E-state index in [2.05, 4.69) is 18.6 Å². The highest BCUT2D eigenvalue weighted by molar-refractivity contribution is 7.82. The summed E-state index contributed by atoms with van der Waals surface area (Å²) in [5, 5.41) is 11.8. The van der Waals surface area contributed by atoms with Crippen LogP contribution in [0, 0.1) is 0 Å². The first-order valence-corrected chi connectivity index (χ1v) is 6.55. The van der Waals surface area contributed by atoms with Gasteiger partial charge in [0.25, 0.3) is 0 Å². The molecule has 2 heterocycles. The molecule has 2 N–H and O–H groups in total. The Labute approximate surface area is 95.7 Å². The second kappa shape index (κ2) is 7.15. The molecule has 0 radical (unpaired) electrons. The van der Waals surface area contributed by atoms with Crippen LogP contribution < -0.4 is 5.32 Å². The molecule has 0 spiro atoms. The van der Waals surface area contributed by atoms with Gasteiger partial charge in [-0.2, -0.15) is 8.42 Å². The molecule has 0 aromatic carbocycles. The molecule has 0 amide bonds. The van der Waals surface area contributed by atoms with E-state index in [1.807, 2.05) is 0 Å². The predicted molar refractivity (Wildman–Crippen MR) is 57.2 cm³/mol. The van der Waals surface area contributed by atoms with E-state index in [1.54, 1.807) is 0 Å². The minimum absolute atomic E-state index is 0.155. The van der Waals surface area contributed by atoms with Crippen molar-refractivity contribution in [3.8, 4) is 0 Å². The first kappa shape index (κ1) is 13.8. The predicted octanol–water partition coefficient (Wildman–Crippen LogP) is -1.84. The van der Waals surface area contributed by atoms with E-state index in [0.717, 1.165) is 32.7 Å². The van der Waals surface area contributed by atoms with Crippen LogP contribution in [0.2, 0.25) is 0 Å². The maximum absolute atomic E-state index is 9.99. The number of piperazine rings is 1. The average Bonchev–Trinajstić information content (AvgIpc) is 2.66. The molecule has 2 aliphatic heterocycles. The molecule has 16 heavy (non-hydrogen) atoms. The van der Waals surface area contributed by atoms with Crippen LogP contribution >= 0.6 is 0 Å². The van der Waals surface area contributed by atoms with Gasteiger partial charge in [-0.05, 0) is 0 Å². The van der Waals surface area contributed by atoms with Gasteiger partial charge in [0.15, 0.2) is 0 Å². The molecular weight excluding hydrogens is 236 g/mol. The largest absolute Gasteiger partial charge is 0.400 e. The molecule has 0 aromatic heterocycles.